The summed E-state index contributed by atoms with van der Waals surface area (Å²) in [4.78, 5) is 21.6. The second-order valence-corrected chi connectivity index (χ2v) is 4.93. The summed E-state index contributed by atoms with van der Waals surface area (Å²) >= 11 is 0. The molecular weight excluding hydrogens is 301 g/mol. The van der Waals surface area contributed by atoms with Crippen LogP contribution >= 0.6 is 0 Å². The van der Waals surface area contributed by atoms with E-state index < -0.39 is 29.8 Å². The number of H-pyrrole nitrogens is 1. The molecule has 0 aromatic carbocycles. The van der Waals surface area contributed by atoms with Gasteiger partial charge in [0, 0.05) is 7.11 Å². The molecule has 1 fully saturated rings. The zero-order valence-electron chi connectivity index (χ0n) is 11.4. The molecule has 0 amide bonds. The highest BCUT2D eigenvalue weighted by Gasteiger charge is 2.57. The van der Waals surface area contributed by atoms with E-state index in [9.17, 15) is 19.4 Å². The largest absolute Gasteiger partial charge is 0.384 e. The number of nitrogens with two attached hydrogens (primary N) is 1. The number of hydrogen-bond donors (Lipinski definition) is 4. The van der Waals surface area contributed by atoms with Crippen LogP contribution in [0.15, 0.2) is 11.1 Å². The summed E-state index contributed by atoms with van der Waals surface area (Å²) in [7, 11) is 1.34. The summed E-state index contributed by atoms with van der Waals surface area (Å²) in [6.45, 7) is -0.132. The maximum atomic E-state index is 14.5. The maximum Gasteiger partial charge on any atom is 0.281 e. The number of nitrogens with one attached hydrogen (secondary N) is 1. The first kappa shape index (κ1) is 14.8. The van der Waals surface area contributed by atoms with Crippen molar-refractivity contribution in [3.63, 3.8) is 0 Å². The number of methoxy groups -OCH3 is 1. The number of hydrogen-bond acceptors (Lipinski definition) is 8. The zero-order valence-corrected chi connectivity index (χ0v) is 11.4. The average Bonchev–Trinajstić information content (AvgIpc) is 2.94. The van der Waals surface area contributed by atoms with Crippen molar-refractivity contribution in [2.45, 2.75) is 24.3 Å². The number of alkyl halides is 1. The highest BCUT2D eigenvalue weighted by Crippen LogP contribution is 2.40. The van der Waals surface area contributed by atoms with Crippen molar-refractivity contribution in [2.75, 3.05) is 19.5 Å². The lowest BCUT2D eigenvalue weighted by Crippen LogP contribution is -2.43. The second-order valence-electron chi connectivity index (χ2n) is 4.93. The lowest BCUT2D eigenvalue weighted by Gasteiger charge is -2.23. The minimum absolute atomic E-state index is 0.0763. The summed E-state index contributed by atoms with van der Waals surface area (Å²) in [5, 5.41) is 19.7. The van der Waals surface area contributed by atoms with Crippen LogP contribution in [0.3, 0.4) is 0 Å². The number of aliphatic hydroxyl groups excluding tert-OH is 1. The van der Waals surface area contributed by atoms with E-state index in [1.54, 1.807) is 0 Å². The molecular formula is C11H14FN5O5. The molecule has 120 valence electrons. The molecule has 0 spiro atoms. The Balaban J connectivity index is 2.09. The van der Waals surface area contributed by atoms with Gasteiger partial charge in [-0.3, -0.25) is 14.3 Å². The smallest absolute Gasteiger partial charge is 0.281 e. The lowest BCUT2D eigenvalue weighted by atomic mass is 10.1. The molecule has 3 rings (SSSR count). The Morgan fingerprint density at radius 2 is 2.41 bits per heavy atom. The van der Waals surface area contributed by atoms with Gasteiger partial charge >= 0.3 is 0 Å². The van der Waals surface area contributed by atoms with Crippen LogP contribution in [-0.2, 0) is 9.47 Å². The Labute approximate surface area is 122 Å². The predicted molar refractivity (Wildman–Crippen MR) is 70.4 cm³/mol. The molecule has 3 heterocycles. The molecule has 0 aliphatic carbocycles. The Morgan fingerprint density at radius 3 is 3.09 bits per heavy atom. The monoisotopic (exact) mass is 315 g/mol. The number of rotatable bonds is 3. The van der Waals surface area contributed by atoms with Gasteiger partial charge in [-0.05, 0) is 0 Å². The highest BCUT2D eigenvalue weighted by atomic mass is 19.2. The number of ether oxygens (including phenoxy) is 2. The molecule has 2 aromatic rings. The highest BCUT2D eigenvalue weighted by molar-refractivity contribution is 5.70. The number of imidazole rings is 1. The number of nitrogens with zero attached hydrogens (tertiary/aromatic N) is 3. The van der Waals surface area contributed by atoms with Crippen LogP contribution in [0.25, 0.3) is 11.2 Å². The minimum Gasteiger partial charge on any atom is -0.384 e. The number of aromatic nitrogens is 4. The van der Waals surface area contributed by atoms with Crippen LogP contribution in [0.4, 0.5) is 10.3 Å². The average molecular weight is 315 g/mol. The number of fused-ring (bicyclic) bond motifs is 1. The molecule has 0 radical (unpaired) electrons. The predicted octanol–water partition coefficient (Wildman–Crippen LogP) is -1.74. The second kappa shape index (κ2) is 4.98. The summed E-state index contributed by atoms with van der Waals surface area (Å²) in [6, 6.07) is 0. The first-order valence-electron chi connectivity index (χ1n) is 6.32. The molecule has 0 saturated carbocycles. The first-order valence-corrected chi connectivity index (χ1v) is 6.32. The minimum atomic E-state index is -3.12. The molecule has 5 N–H and O–H groups in total. The summed E-state index contributed by atoms with van der Waals surface area (Å²) < 4.78 is 25.6. The van der Waals surface area contributed by atoms with E-state index in [1.807, 2.05) is 0 Å². The molecule has 22 heavy (non-hydrogen) atoms. The SMILES string of the molecule is COC[C@H]1O[C@@H](n2cnc3c(=O)[nH]c(N)nc32)[C@@](O)(F)[C@@H]1O. The van der Waals surface area contributed by atoms with Crippen molar-refractivity contribution in [3.05, 3.63) is 16.7 Å². The Morgan fingerprint density at radius 1 is 1.68 bits per heavy atom. The molecule has 10 nitrogen and oxygen atoms in total. The van der Waals surface area contributed by atoms with Crippen LogP contribution in [0.1, 0.15) is 6.23 Å². The van der Waals surface area contributed by atoms with E-state index in [0.29, 0.717) is 0 Å². The fraction of sp³-hybridized carbons (Fsp3) is 0.545. The fourth-order valence-electron chi connectivity index (χ4n) is 2.41. The van der Waals surface area contributed by atoms with Gasteiger partial charge in [0.15, 0.2) is 17.4 Å². The van der Waals surface area contributed by atoms with Crippen molar-refractivity contribution in [1.29, 1.82) is 0 Å². The van der Waals surface area contributed by atoms with Gasteiger partial charge in [-0.15, -0.1) is 0 Å². The van der Waals surface area contributed by atoms with Crippen LogP contribution in [0, 0.1) is 0 Å². The van der Waals surface area contributed by atoms with Gasteiger partial charge < -0.3 is 25.4 Å². The number of anilines is 1. The normalized spacial score (nSPS) is 31.9. The van der Waals surface area contributed by atoms with Gasteiger partial charge in [0.1, 0.15) is 12.2 Å². The molecule has 0 unspecified atom stereocenters. The molecule has 11 heteroatoms. The van der Waals surface area contributed by atoms with E-state index >= 15 is 0 Å². The Bertz CT molecular complexity index is 759. The first-order chi connectivity index (χ1) is 10.4. The van der Waals surface area contributed by atoms with Crippen LogP contribution in [-0.4, -0.2) is 61.5 Å². The molecule has 2 aromatic heterocycles. The van der Waals surface area contributed by atoms with E-state index in [0.717, 1.165) is 10.9 Å². The lowest BCUT2D eigenvalue weighted by molar-refractivity contribution is -0.195. The van der Waals surface area contributed by atoms with Gasteiger partial charge in [-0.2, -0.15) is 4.98 Å². The van der Waals surface area contributed by atoms with Crippen molar-refractivity contribution >= 4 is 17.1 Å². The maximum absolute atomic E-state index is 14.5. The van der Waals surface area contributed by atoms with Crippen molar-refractivity contribution in [3.8, 4) is 0 Å². The third-order valence-electron chi connectivity index (χ3n) is 3.45. The van der Waals surface area contributed by atoms with Crippen molar-refractivity contribution in [1.82, 2.24) is 19.5 Å². The Hall–Kier alpha value is -2.08. The van der Waals surface area contributed by atoms with E-state index in [4.69, 9.17) is 15.2 Å². The number of nitrogen functional groups attached to an aromatic ring is 1. The number of halogens is 1. The van der Waals surface area contributed by atoms with E-state index in [1.165, 1.54) is 7.11 Å². The van der Waals surface area contributed by atoms with E-state index in [-0.39, 0.29) is 23.7 Å². The van der Waals surface area contributed by atoms with Gasteiger partial charge in [-0.1, -0.05) is 0 Å². The van der Waals surface area contributed by atoms with Gasteiger partial charge in [-0.25, -0.2) is 9.37 Å². The van der Waals surface area contributed by atoms with Crippen LogP contribution in [0.5, 0.6) is 0 Å². The molecule has 0 bridgehead atoms. The summed E-state index contributed by atoms with van der Waals surface area (Å²) in [5.74, 6) is -3.32. The number of aromatic amines is 1. The zero-order chi connectivity index (χ0) is 16.1. The van der Waals surface area contributed by atoms with Crippen molar-refractivity contribution in [2.24, 2.45) is 0 Å². The van der Waals surface area contributed by atoms with Crippen molar-refractivity contribution < 1.29 is 24.1 Å². The number of aliphatic hydroxyl groups is 2. The molecule has 4 atom stereocenters. The summed E-state index contributed by atoms with van der Waals surface area (Å²) in [6.07, 6.45) is -3.51. The van der Waals surface area contributed by atoms with E-state index in [2.05, 4.69) is 15.0 Å². The fourth-order valence-corrected chi connectivity index (χ4v) is 2.41. The van der Waals surface area contributed by atoms with Gasteiger partial charge in [0.05, 0.1) is 12.9 Å². The van der Waals surface area contributed by atoms with Crippen LogP contribution in [0.2, 0.25) is 0 Å². The molecule has 1 saturated heterocycles. The van der Waals surface area contributed by atoms with Gasteiger partial charge in [0.2, 0.25) is 5.95 Å². The quantitative estimate of drug-likeness (QED) is 0.522. The van der Waals surface area contributed by atoms with Crippen LogP contribution < -0.4 is 11.3 Å². The standard InChI is InChI=1S/C11H14FN5O5/c1-21-2-4-6(18)11(12,20)9(22-4)17-3-14-5-7(17)15-10(13)16-8(5)19/h3-4,6,9,18,20H,2H2,1H3,(H3,13,15,16,19)/t4-,6-,9-,11-/m1/s1. The Kier molecular flexibility index (Phi) is 3.36. The topological polar surface area (TPSA) is 149 Å². The third-order valence-corrected chi connectivity index (χ3v) is 3.45. The summed E-state index contributed by atoms with van der Waals surface area (Å²) in [5.41, 5.74) is 4.66. The third kappa shape index (κ3) is 2.06. The van der Waals surface area contributed by atoms with Gasteiger partial charge in [0.25, 0.3) is 11.4 Å². The molecule has 1 aliphatic heterocycles. The molecule has 1 aliphatic rings.